The maximum atomic E-state index is 12.5. The summed E-state index contributed by atoms with van der Waals surface area (Å²) in [6.45, 7) is 2.74. The fourth-order valence-corrected chi connectivity index (χ4v) is 2.69. The number of fused-ring (bicyclic) bond motifs is 1. The third-order valence-electron chi connectivity index (χ3n) is 3.72. The van der Waals surface area contributed by atoms with Crippen molar-refractivity contribution >= 4 is 11.9 Å². The molecular formula is C15H19NO3. The highest BCUT2D eigenvalue weighted by molar-refractivity contribution is 5.85. The molecule has 0 aliphatic heterocycles. The van der Waals surface area contributed by atoms with Crippen molar-refractivity contribution in [2.24, 2.45) is 0 Å². The van der Waals surface area contributed by atoms with E-state index < -0.39 is 5.97 Å². The Labute approximate surface area is 113 Å². The van der Waals surface area contributed by atoms with E-state index in [0.29, 0.717) is 13.1 Å². The van der Waals surface area contributed by atoms with Gasteiger partial charge in [0, 0.05) is 13.1 Å². The molecule has 0 fully saturated rings. The first kappa shape index (κ1) is 13.6. The summed E-state index contributed by atoms with van der Waals surface area (Å²) in [5, 5.41) is 8.72. The molecule has 2 rings (SSSR count). The van der Waals surface area contributed by atoms with Crippen molar-refractivity contribution in [3.63, 3.8) is 0 Å². The summed E-state index contributed by atoms with van der Waals surface area (Å²) in [6, 6.07) is 8.03. The molecule has 0 spiro atoms. The molecule has 1 atom stereocenters. The Morgan fingerprint density at radius 2 is 2.11 bits per heavy atom. The number of hydrogen-bond acceptors (Lipinski definition) is 2. The summed E-state index contributed by atoms with van der Waals surface area (Å²) in [4.78, 5) is 24.8. The topological polar surface area (TPSA) is 57.6 Å². The van der Waals surface area contributed by atoms with Gasteiger partial charge in [0.2, 0.25) is 5.91 Å². The first-order valence-electron chi connectivity index (χ1n) is 6.72. The molecule has 4 nitrogen and oxygen atoms in total. The van der Waals surface area contributed by atoms with Crippen LogP contribution in [0.1, 0.15) is 36.8 Å². The molecule has 4 heteroatoms. The Kier molecular flexibility index (Phi) is 4.20. The third-order valence-corrected chi connectivity index (χ3v) is 3.72. The second-order valence-corrected chi connectivity index (χ2v) is 4.85. The number of carbonyl (C=O) groups is 2. The van der Waals surface area contributed by atoms with Gasteiger partial charge in [0.15, 0.2) is 0 Å². The van der Waals surface area contributed by atoms with E-state index in [4.69, 9.17) is 5.11 Å². The van der Waals surface area contributed by atoms with Gasteiger partial charge in [-0.05, 0) is 30.9 Å². The van der Waals surface area contributed by atoms with Gasteiger partial charge in [-0.3, -0.25) is 9.59 Å². The Hall–Kier alpha value is -1.84. The van der Waals surface area contributed by atoms with Crippen molar-refractivity contribution < 1.29 is 14.7 Å². The summed E-state index contributed by atoms with van der Waals surface area (Å²) < 4.78 is 0. The highest BCUT2D eigenvalue weighted by Gasteiger charge is 2.30. The number of aliphatic carboxylic acids is 1. The van der Waals surface area contributed by atoms with Crippen LogP contribution >= 0.6 is 0 Å². The molecule has 1 aromatic carbocycles. The molecule has 0 bridgehead atoms. The Morgan fingerprint density at radius 1 is 1.37 bits per heavy atom. The second-order valence-electron chi connectivity index (χ2n) is 4.85. The van der Waals surface area contributed by atoms with E-state index in [1.807, 2.05) is 25.1 Å². The van der Waals surface area contributed by atoms with Crippen molar-refractivity contribution in [3.05, 3.63) is 35.4 Å². The van der Waals surface area contributed by atoms with E-state index in [1.165, 1.54) is 5.56 Å². The molecule has 1 aliphatic carbocycles. The maximum absolute atomic E-state index is 12.5. The highest BCUT2D eigenvalue weighted by Crippen LogP contribution is 2.34. The van der Waals surface area contributed by atoms with Crippen LogP contribution < -0.4 is 0 Å². The molecule has 1 amide bonds. The highest BCUT2D eigenvalue weighted by atomic mass is 16.4. The zero-order valence-electron chi connectivity index (χ0n) is 11.1. The second kappa shape index (κ2) is 5.87. The van der Waals surface area contributed by atoms with Gasteiger partial charge in [-0.25, -0.2) is 0 Å². The van der Waals surface area contributed by atoms with Crippen LogP contribution in [0.15, 0.2) is 24.3 Å². The smallest absolute Gasteiger partial charge is 0.305 e. The predicted molar refractivity (Wildman–Crippen MR) is 72.0 cm³/mol. The van der Waals surface area contributed by atoms with E-state index in [1.54, 1.807) is 4.90 Å². The molecule has 0 saturated carbocycles. The lowest BCUT2D eigenvalue weighted by Gasteiger charge is -2.24. The van der Waals surface area contributed by atoms with Crippen molar-refractivity contribution in [2.75, 3.05) is 13.1 Å². The molecule has 1 aliphatic rings. The van der Waals surface area contributed by atoms with E-state index in [2.05, 4.69) is 6.07 Å². The van der Waals surface area contributed by atoms with Gasteiger partial charge >= 0.3 is 5.97 Å². The molecule has 0 aromatic heterocycles. The lowest BCUT2D eigenvalue weighted by atomic mass is 10.00. The van der Waals surface area contributed by atoms with Crippen LogP contribution in [0.5, 0.6) is 0 Å². The van der Waals surface area contributed by atoms with Gasteiger partial charge in [-0.15, -0.1) is 0 Å². The average molecular weight is 261 g/mol. The minimum Gasteiger partial charge on any atom is -0.481 e. The van der Waals surface area contributed by atoms with E-state index in [9.17, 15) is 9.59 Å². The number of carboxylic acids is 1. The molecule has 0 radical (unpaired) electrons. The van der Waals surface area contributed by atoms with Gasteiger partial charge in [-0.2, -0.15) is 0 Å². The number of amides is 1. The number of nitrogens with zero attached hydrogens (tertiary/aromatic N) is 1. The Morgan fingerprint density at radius 3 is 2.79 bits per heavy atom. The van der Waals surface area contributed by atoms with Gasteiger partial charge in [0.25, 0.3) is 0 Å². The molecule has 1 N–H and O–H groups in total. The first-order valence-corrected chi connectivity index (χ1v) is 6.72. The minimum absolute atomic E-state index is 0.00788. The number of rotatable bonds is 5. The average Bonchev–Trinajstić information content (AvgIpc) is 2.82. The van der Waals surface area contributed by atoms with E-state index >= 15 is 0 Å². The van der Waals surface area contributed by atoms with Gasteiger partial charge in [0.1, 0.15) is 0 Å². The zero-order chi connectivity index (χ0) is 13.8. The third kappa shape index (κ3) is 2.95. The standard InChI is InChI=1S/C15H19NO3/c1-2-16(10-9-14(17)18)15(19)13-8-7-11-5-3-4-6-12(11)13/h3-6,13H,2,7-10H2,1H3,(H,17,18). The van der Waals surface area contributed by atoms with Crippen LogP contribution in [0.2, 0.25) is 0 Å². The van der Waals surface area contributed by atoms with Crippen molar-refractivity contribution in [1.82, 2.24) is 4.90 Å². The number of benzene rings is 1. The minimum atomic E-state index is -0.863. The van der Waals surface area contributed by atoms with Crippen LogP contribution in [0.25, 0.3) is 0 Å². The van der Waals surface area contributed by atoms with Gasteiger partial charge in [-0.1, -0.05) is 24.3 Å². The SMILES string of the molecule is CCN(CCC(=O)O)C(=O)C1CCc2ccccc21. The number of carbonyl (C=O) groups excluding carboxylic acids is 1. The number of hydrogen-bond donors (Lipinski definition) is 1. The molecule has 1 unspecified atom stereocenters. The molecular weight excluding hydrogens is 242 g/mol. The summed E-state index contributed by atoms with van der Waals surface area (Å²) in [5.41, 5.74) is 2.36. The molecule has 0 saturated heterocycles. The molecule has 19 heavy (non-hydrogen) atoms. The zero-order valence-corrected chi connectivity index (χ0v) is 11.1. The van der Waals surface area contributed by atoms with Crippen LogP contribution in [0, 0.1) is 0 Å². The predicted octanol–water partition coefficient (Wildman–Crippen LogP) is 2.04. The molecule has 102 valence electrons. The summed E-state index contributed by atoms with van der Waals surface area (Å²) in [6.07, 6.45) is 1.78. The van der Waals surface area contributed by atoms with E-state index in [-0.39, 0.29) is 18.2 Å². The van der Waals surface area contributed by atoms with Crippen molar-refractivity contribution in [2.45, 2.75) is 32.1 Å². The largest absolute Gasteiger partial charge is 0.481 e. The fraction of sp³-hybridized carbons (Fsp3) is 0.467. The van der Waals surface area contributed by atoms with Gasteiger partial charge < -0.3 is 10.0 Å². The number of likely N-dealkylation sites (N-methyl/N-ethyl adjacent to an activating group) is 1. The first-order chi connectivity index (χ1) is 9.13. The number of aryl methyl sites for hydroxylation is 1. The van der Waals surface area contributed by atoms with Gasteiger partial charge in [0.05, 0.1) is 12.3 Å². The van der Waals surface area contributed by atoms with Crippen LogP contribution in [0.3, 0.4) is 0 Å². The Balaban J connectivity index is 2.09. The normalized spacial score (nSPS) is 17.0. The summed E-state index contributed by atoms with van der Waals surface area (Å²) in [5.74, 6) is -0.892. The summed E-state index contributed by atoms with van der Waals surface area (Å²) in [7, 11) is 0. The number of carboxylic acid groups (broad SMARTS) is 1. The quantitative estimate of drug-likeness (QED) is 0.882. The molecule has 1 aromatic rings. The molecule has 0 heterocycles. The lowest BCUT2D eigenvalue weighted by molar-refractivity contribution is -0.138. The van der Waals surface area contributed by atoms with Crippen LogP contribution in [-0.4, -0.2) is 35.0 Å². The van der Waals surface area contributed by atoms with Crippen LogP contribution in [-0.2, 0) is 16.0 Å². The summed E-state index contributed by atoms with van der Waals surface area (Å²) >= 11 is 0. The van der Waals surface area contributed by atoms with Crippen LogP contribution in [0.4, 0.5) is 0 Å². The maximum Gasteiger partial charge on any atom is 0.305 e. The lowest BCUT2D eigenvalue weighted by Crippen LogP contribution is -2.36. The van der Waals surface area contributed by atoms with E-state index in [0.717, 1.165) is 18.4 Å². The monoisotopic (exact) mass is 261 g/mol. The fourth-order valence-electron chi connectivity index (χ4n) is 2.69. The van der Waals surface area contributed by atoms with Crippen molar-refractivity contribution in [3.8, 4) is 0 Å². The van der Waals surface area contributed by atoms with Crippen molar-refractivity contribution in [1.29, 1.82) is 0 Å². The Bertz CT molecular complexity index is 484.